The maximum absolute atomic E-state index is 14.1. The van der Waals surface area contributed by atoms with Gasteiger partial charge in [0.15, 0.2) is 11.6 Å². The van der Waals surface area contributed by atoms with Gasteiger partial charge in [0.05, 0.1) is 7.11 Å². The summed E-state index contributed by atoms with van der Waals surface area (Å²) in [5.41, 5.74) is 0.0558. The molecule has 1 aromatic carbocycles. The molecule has 30 heavy (non-hydrogen) atoms. The Morgan fingerprint density at radius 2 is 2.07 bits per heavy atom. The summed E-state index contributed by atoms with van der Waals surface area (Å²) in [6, 6.07) is 2.55. The second kappa shape index (κ2) is 10.3. The number of hydrogen-bond donors (Lipinski definition) is 0. The van der Waals surface area contributed by atoms with Crippen molar-refractivity contribution < 1.29 is 27.9 Å². The van der Waals surface area contributed by atoms with Gasteiger partial charge in [0, 0.05) is 37.5 Å². The molecule has 2 rings (SSSR count). The van der Waals surface area contributed by atoms with Crippen molar-refractivity contribution >= 4 is 17.8 Å². The monoisotopic (exact) mass is 422 g/mol. The topological polar surface area (TPSA) is 66.9 Å². The minimum atomic E-state index is -0.999. The van der Waals surface area contributed by atoms with Crippen molar-refractivity contribution in [3.63, 3.8) is 0 Å². The molecule has 1 aliphatic rings. The van der Waals surface area contributed by atoms with E-state index in [1.165, 1.54) is 35.1 Å². The van der Waals surface area contributed by atoms with Gasteiger partial charge in [-0.05, 0) is 18.4 Å². The Bertz CT molecular complexity index is 812. The molecule has 0 bridgehead atoms. The minimum Gasteiger partial charge on any atom is -0.467 e. The lowest BCUT2D eigenvalue weighted by atomic mass is 10.0. The van der Waals surface area contributed by atoms with Crippen LogP contribution in [0, 0.1) is 17.6 Å². The molecule has 0 radical (unpaired) electrons. The van der Waals surface area contributed by atoms with E-state index in [2.05, 4.69) is 6.58 Å². The van der Waals surface area contributed by atoms with E-state index in [0.29, 0.717) is 6.42 Å². The number of amides is 2. The molecule has 1 saturated heterocycles. The average Bonchev–Trinajstić information content (AvgIpc) is 3.03. The molecular weight excluding hydrogens is 394 g/mol. The molecule has 1 fully saturated rings. The van der Waals surface area contributed by atoms with E-state index in [1.807, 2.05) is 13.8 Å². The standard InChI is InChI=1S/C22H28F2N2O4/c1-5-11-25(21(14(2)3)22(29)30-4)19(28)12-16-9-10-18(27)26(16)13-15-7-6-8-17(23)20(15)24/h5-8,14,16,21H,1,9-13H2,2-4H3/t16-,21-/m0/s1. The Balaban J connectivity index is 2.21. The molecular formula is C22H28F2N2O4. The summed E-state index contributed by atoms with van der Waals surface area (Å²) in [6.07, 6.45) is 2.14. The van der Waals surface area contributed by atoms with Crippen LogP contribution in [-0.2, 0) is 25.7 Å². The summed E-state index contributed by atoms with van der Waals surface area (Å²) < 4.78 is 32.5. The average molecular weight is 422 g/mol. The van der Waals surface area contributed by atoms with Crippen molar-refractivity contribution in [2.45, 2.75) is 51.7 Å². The van der Waals surface area contributed by atoms with Crippen LogP contribution in [0.15, 0.2) is 30.9 Å². The minimum absolute atomic E-state index is 0.0310. The molecule has 1 heterocycles. The third-order valence-corrected chi connectivity index (χ3v) is 5.29. The number of benzene rings is 1. The Labute approximate surface area is 175 Å². The fourth-order valence-electron chi connectivity index (χ4n) is 3.79. The summed E-state index contributed by atoms with van der Waals surface area (Å²) in [4.78, 5) is 40.5. The van der Waals surface area contributed by atoms with Gasteiger partial charge in [-0.25, -0.2) is 13.6 Å². The summed E-state index contributed by atoms with van der Waals surface area (Å²) in [5.74, 6) is -3.25. The molecule has 164 valence electrons. The highest BCUT2D eigenvalue weighted by Crippen LogP contribution is 2.27. The number of ether oxygens (including phenoxy) is 1. The molecule has 0 spiro atoms. The van der Waals surface area contributed by atoms with Crippen molar-refractivity contribution in [2.75, 3.05) is 13.7 Å². The number of hydrogen-bond acceptors (Lipinski definition) is 4. The van der Waals surface area contributed by atoms with Crippen molar-refractivity contribution in [3.8, 4) is 0 Å². The number of likely N-dealkylation sites (tertiary alicyclic amines) is 1. The van der Waals surface area contributed by atoms with Gasteiger partial charge in [-0.3, -0.25) is 9.59 Å². The first-order chi connectivity index (χ1) is 14.2. The number of halogens is 2. The van der Waals surface area contributed by atoms with Gasteiger partial charge in [0.25, 0.3) is 0 Å². The normalized spacial score (nSPS) is 17.2. The predicted octanol–water partition coefficient (Wildman–Crippen LogP) is 3.06. The molecule has 2 atom stereocenters. The molecule has 0 aliphatic carbocycles. The maximum atomic E-state index is 14.1. The SMILES string of the molecule is C=CCN(C(=O)C[C@@H]1CCC(=O)N1Cc1cccc(F)c1F)[C@H](C(=O)OC)C(C)C. The van der Waals surface area contributed by atoms with Gasteiger partial charge in [0.2, 0.25) is 11.8 Å². The highest BCUT2D eigenvalue weighted by molar-refractivity contribution is 5.86. The quantitative estimate of drug-likeness (QED) is 0.453. The number of nitrogens with zero attached hydrogens (tertiary/aromatic N) is 2. The zero-order valence-electron chi connectivity index (χ0n) is 17.6. The van der Waals surface area contributed by atoms with Gasteiger partial charge in [-0.2, -0.15) is 0 Å². The van der Waals surface area contributed by atoms with Crippen molar-refractivity contribution in [1.82, 2.24) is 9.80 Å². The van der Waals surface area contributed by atoms with Crippen LogP contribution >= 0.6 is 0 Å². The molecule has 0 N–H and O–H groups in total. The molecule has 2 amide bonds. The van der Waals surface area contributed by atoms with Crippen molar-refractivity contribution in [2.24, 2.45) is 5.92 Å². The van der Waals surface area contributed by atoms with E-state index < -0.39 is 29.7 Å². The Morgan fingerprint density at radius 3 is 2.67 bits per heavy atom. The van der Waals surface area contributed by atoms with Crippen LogP contribution in [-0.4, -0.2) is 53.3 Å². The summed E-state index contributed by atoms with van der Waals surface area (Å²) in [7, 11) is 1.26. The molecule has 1 aliphatic heterocycles. The summed E-state index contributed by atoms with van der Waals surface area (Å²) in [5, 5.41) is 0. The lowest BCUT2D eigenvalue weighted by molar-refractivity contribution is -0.155. The highest BCUT2D eigenvalue weighted by atomic mass is 19.2. The lowest BCUT2D eigenvalue weighted by Gasteiger charge is -2.33. The second-order valence-electron chi connectivity index (χ2n) is 7.68. The Hall–Kier alpha value is -2.77. The number of rotatable bonds is 9. The van der Waals surface area contributed by atoms with E-state index in [1.54, 1.807) is 0 Å². The van der Waals surface area contributed by atoms with Crippen LogP contribution in [0.5, 0.6) is 0 Å². The number of methoxy groups -OCH3 is 1. The number of carbonyl (C=O) groups excluding carboxylic acids is 3. The van der Waals surface area contributed by atoms with Crippen molar-refractivity contribution in [3.05, 3.63) is 48.1 Å². The third-order valence-electron chi connectivity index (χ3n) is 5.29. The summed E-state index contributed by atoms with van der Waals surface area (Å²) in [6.45, 7) is 7.30. The van der Waals surface area contributed by atoms with Gasteiger partial charge in [-0.15, -0.1) is 6.58 Å². The fraction of sp³-hybridized carbons (Fsp3) is 0.500. The van der Waals surface area contributed by atoms with E-state index in [4.69, 9.17) is 4.74 Å². The first kappa shape index (κ1) is 23.5. The Kier molecular flexibility index (Phi) is 8.08. The van der Waals surface area contributed by atoms with Crippen LogP contribution in [0.4, 0.5) is 8.78 Å². The van der Waals surface area contributed by atoms with E-state index in [9.17, 15) is 23.2 Å². The molecule has 0 aromatic heterocycles. The lowest BCUT2D eigenvalue weighted by Crippen LogP contribution is -2.50. The molecule has 6 nitrogen and oxygen atoms in total. The third kappa shape index (κ3) is 5.23. The molecule has 1 aromatic rings. The summed E-state index contributed by atoms with van der Waals surface area (Å²) >= 11 is 0. The largest absolute Gasteiger partial charge is 0.467 e. The zero-order chi connectivity index (χ0) is 22.4. The molecule has 0 saturated carbocycles. The first-order valence-electron chi connectivity index (χ1n) is 9.91. The molecule has 8 heteroatoms. The van der Waals surface area contributed by atoms with Gasteiger partial charge in [-0.1, -0.05) is 32.1 Å². The fourth-order valence-corrected chi connectivity index (χ4v) is 3.79. The highest BCUT2D eigenvalue weighted by Gasteiger charge is 2.37. The second-order valence-corrected chi connectivity index (χ2v) is 7.68. The predicted molar refractivity (Wildman–Crippen MR) is 107 cm³/mol. The van der Waals surface area contributed by atoms with Crippen LogP contribution in [0.3, 0.4) is 0 Å². The van der Waals surface area contributed by atoms with Gasteiger partial charge < -0.3 is 14.5 Å². The van der Waals surface area contributed by atoms with Crippen LogP contribution in [0.25, 0.3) is 0 Å². The molecule has 0 unspecified atom stereocenters. The number of esters is 1. The van der Waals surface area contributed by atoms with E-state index in [-0.39, 0.29) is 49.2 Å². The van der Waals surface area contributed by atoms with E-state index in [0.717, 1.165) is 6.07 Å². The van der Waals surface area contributed by atoms with Gasteiger partial charge in [0.1, 0.15) is 6.04 Å². The van der Waals surface area contributed by atoms with Crippen LogP contribution in [0.2, 0.25) is 0 Å². The maximum Gasteiger partial charge on any atom is 0.328 e. The smallest absolute Gasteiger partial charge is 0.328 e. The van der Waals surface area contributed by atoms with Crippen LogP contribution < -0.4 is 0 Å². The Morgan fingerprint density at radius 1 is 1.37 bits per heavy atom. The van der Waals surface area contributed by atoms with E-state index >= 15 is 0 Å². The first-order valence-corrected chi connectivity index (χ1v) is 9.91. The number of carbonyl (C=O) groups is 3. The van der Waals surface area contributed by atoms with Crippen LogP contribution in [0.1, 0.15) is 38.7 Å². The van der Waals surface area contributed by atoms with Gasteiger partial charge >= 0.3 is 5.97 Å². The van der Waals surface area contributed by atoms with Crippen molar-refractivity contribution in [1.29, 1.82) is 0 Å². The zero-order valence-corrected chi connectivity index (χ0v) is 17.6.